The maximum Gasteiger partial charge on any atom is 0.272 e. The first-order valence-corrected chi connectivity index (χ1v) is 3.85. The number of nitrogens with one attached hydrogen (secondary N) is 1. The molecule has 1 aromatic heterocycles. The van der Waals surface area contributed by atoms with E-state index in [1.165, 1.54) is 0 Å². The first-order valence-electron chi connectivity index (χ1n) is 3.06. The molecule has 0 radical (unpaired) electrons. The summed E-state index contributed by atoms with van der Waals surface area (Å²) in [4.78, 5) is 11.0. The summed E-state index contributed by atoms with van der Waals surface area (Å²) in [7, 11) is 3.33. The highest BCUT2D eigenvalue weighted by Gasteiger charge is 2.11. The number of hydrogen-bond donors (Lipinski definition) is 1. The number of aryl methyl sites for hydroxylation is 1. The molecule has 0 spiro atoms. The molecule has 0 atom stereocenters. The van der Waals surface area contributed by atoms with Crippen LogP contribution in [-0.4, -0.2) is 22.7 Å². The molecule has 0 aliphatic heterocycles. The van der Waals surface area contributed by atoms with Crippen molar-refractivity contribution in [1.29, 1.82) is 0 Å². The van der Waals surface area contributed by atoms with Gasteiger partial charge in [-0.2, -0.15) is 5.10 Å². The van der Waals surface area contributed by atoms with E-state index >= 15 is 0 Å². The molecule has 0 aliphatic rings. The summed E-state index contributed by atoms with van der Waals surface area (Å²) in [6.07, 6.45) is 1.73. The molecule has 1 rings (SSSR count). The highest BCUT2D eigenvalue weighted by molar-refractivity contribution is 9.10. The quantitative estimate of drug-likeness (QED) is 0.747. The standard InChI is InChI=1S/C6H8BrN3O/c1-8-6(11)5-4(7)3-10(2)9-5/h3H,1-2H3,(H,8,11). The summed E-state index contributed by atoms with van der Waals surface area (Å²) in [5.41, 5.74) is 0.412. The van der Waals surface area contributed by atoms with Crippen molar-refractivity contribution in [1.82, 2.24) is 15.1 Å². The van der Waals surface area contributed by atoms with Crippen molar-refractivity contribution in [3.05, 3.63) is 16.4 Å². The van der Waals surface area contributed by atoms with E-state index in [-0.39, 0.29) is 5.91 Å². The van der Waals surface area contributed by atoms with Gasteiger partial charge in [0.25, 0.3) is 5.91 Å². The normalized spacial score (nSPS) is 9.73. The highest BCUT2D eigenvalue weighted by Crippen LogP contribution is 2.13. The third-order valence-corrected chi connectivity index (χ3v) is 1.81. The zero-order valence-electron chi connectivity index (χ0n) is 6.26. The van der Waals surface area contributed by atoms with Gasteiger partial charge in [0.05, 0.1) is 4.47 Å². The number of carbonyl (C=O) groups is 1. The van der Waals surface area contributed by atoms with Gasteiger partial charge in [-0.3, -0.25) is 9.48 Å². The molecule has 0 unspecified atom stereocenters. The van der Waals surface area contributed by atoms with Gasteiger partial charge in [-0.1, -0.05) is 0 Å². The lowest BCUT2D eigenvalue weighted by atomic mass is 10.4. The van der Waals surface area contributed by atoms with E-state index in [1.54, 1.807) is 25.0 Å². The van der Waals surface area contributed by atoms with Crippen molar-refractivity contribution in [3.8, 4) is 0 Å². The van der Waals surface area contributed by atoms with Gasteiger partial charge >= 0.3 is 0 Å². The molecule has 0 bridgehead atoms. The smallest absolute Gasteiger partial charge is 0.272 e. The van der Waals surface area contributed by atoms with E-state index in [0.29, 0.717) is 10.2 Å². The molecule has 1 amide bonds. The molecule has 0 saturated heterocycles. The molecule has 0 aliphatic carbocycles. The van der Waals surface area contributed by atoms with Crippen LogP contribution in [0.2, 0.25) is 0 Å². The van der Waals surface area contributed by atoms with Crippen LogP contribution in [-0.2, 0) is 7.05 Å². The van der Waals surface area contributed by atoms with E-state index in [4.69, 9.17) is 0 Å². The van der Waals surface area contributed by atoms with Crippen molar-refractivity contribution < 1.29 is 4.79 Å². The van der Waals surface area contributed by atoms with Crippen LogP contribution in [0.4, 0.5) is 0 Å². The minimum absolute atomic E-state index is 0.183. The van der Waals surface area contributed by atoms with Crippen molar-refractivity contribution in [2.75, 3.05) is 7.05 Å². The zero-order valence-corrected chi connectivity index (χ0v) is 7.84. The second-order valence-corrected chi connectivity index (χ2v) is 2.93. The molecule has 0 saturated carbocycles. The van der Waals surface area contributed by atoms with E-state index < -0.39 is 0 Å². The Kier molecular flexibility index (Phi) is 2.28. The van der Waals surface area contributed by atoms with Crippen LogP contribution in [0.3, 0.4) is 0 Å². The molecule has 60 valence electrons. The van der Waals surface area contributed by atoms with E-state index in [0.717, 1.165) is 0 Å². The lowest BCUT2D eigenvalue weighted by Crippen LogP contribution is -2.19. The van der Waals surface area contributed by atoms with Gasteiger partial charge in [-0.25, -0.2) is 0 Å². The summed E-state index contributed by atoms with van der Waals surface area (Å²) in [5, 5.41) is 6.43. The van der Waals surface area contributed by atoms with Crippen LogP contribution in [0, 0.1) is 0 Å². The fraction of sp³-hybridized carbons (Fsp3) is 0.333. The first-order chi connectivity index (χ1) is 5.15. The number of carbonyl (C=O) groups excluding carboxylic acids is 1. The van der Waals surface area contributed by atoms with Crippen LogP contribution < -0.4 is 5.32 Å². The third kappa shape index (κ3) is 1.59. The summed E-state index contributed by atoms with van der Waals surface area (Å²) < 4.78 is 2.29. The molecule has 1 aromatic rings. The predicted octanol–water partition coefficient (Wildman–Crippen LogP) is 0.542. The molecule has 1 heterocycles. The average Bonchev–Trinajstić information content (AvgIpc) is 2.28. The number of rotatable bonds is 1. The van der Waals surface area contributed by atoms with Crippen LogP contribution in [0.5, 0.6) is 0 Å². The first kappa shape index (κ1) is 8.26. The zero-order chi connectivity index (χ0) is 8.43. The molecule has 4 nitrogen and oxygen atoms in total. The van der Waals surface area contributed by atoms with Crippen molar-refractivity contribution >= 4 is 21.8 Å². The molecular weight excluding hydrogens is 210 g/mol. The largest absolute Gasteiger partial charge is 0.354 e. The number of nitrogens with zero attached hydrogens (tertiary/aromatic N) is 2. The molecule has 0 fully saturated rings. The van der Waals surface area contributed by atoms with Gasteiger partial charge < -0.3 is 5.32 Å². The number of hydrogen-bond acceptors (Lipinski definition) is 2. The van der Waals surface area contributed by atoms with Crippen molar-refractivity contribution in [3.63, 3.8) is 0 Å². The van der Waals surface area contributed by atoms with Crippen LogP contribution in [0.25, 0.3) is 0 Å². The Labute approximate surface area is 72.7 Å². The Morgan fingerprint density at radius 1 is 1.82 bits per heavy atom. The Morgan fingerprint density at radius 3 is 2.82 bits per heavy atom. The molecule has 5 heteroatoms. The van der Waals surface area contributed by atoms with E-state index in [9.17, 15) is 4.79 Å². The van der Waals surface area contributed by atoms with Gasteiger partial charge in [0.15, 0.2) is 5.69 Å². The number of amides is 1. The second kappa shape index (κ2) is 3.04. The SMILES string of the molecule is CNC(=O)c1nn(C)cc1Br. The predicted molar refractivity (Wildman–Crippen MR) is 44.3 cm³/mol. The lowest BCUT2D eigenvalue weighted by molar-refractivity contribution is 0.0956. The van der Waals surface area contributed by atoms with Crippen LogP contribution in [0.15, 0.2) is 10.7 Å². The van der Waals surface area contributed by atoms with Gasteiger partial charge in [-0.15, -0.1) is 0 Å². The lowest BCUT2D eigenvalue weighted by Gasteiger charge is -1.92. The summed E-state index contributed by atoms with van der Waals surface area (Å²) in [6.45, 7) is 0. The number of halogens is 1. The Bertz CT molecular complexity index is 281. The van der Waals surface area contributed by atoms with E-state index in [1.807, 2.05) is 0 Å². The minimum Gasteiger partial charge on any atom is -0.354 e. The Balaban J connectivity index is 3.03. The van der Waals surface area contributed by atoms with Gasteiger partial charge in [0.1, 0.15) is 0 Å². The van der Waals surface area contributed by atoms with Gasteiger partial charge in [-0.05, 0) is 15.9 Å². The van der Waals surface area contributed by atoms with Crippen molar-refractivity contribution in [2.24, 2.45) is 7.05 Å². The van der Waals surface area contributed by atoms with Gasteiger partial charge in [0.2, 0.25) is 0 Å². The minimum atomic E-state index is -0.183. The molecule has 1 N–H and O–H groups in total. The van der Waals surface area contributed by atoms with Gasteiger partial charge in [0, 0.05) is 20.3 Å². The van der Waals surface area contributed by atoms with E-state index in [2.05, 4.69) is 26.3 Å². The fourth-order valence-corrected chi connectivity index (χ4v) is 1.29. The summed E-state index contributed by atoms with van der Waals surface area (Å²) in [6, 6.07) is 0. The molecular formula is C6H8BrN3O. The summed E-state index contributed by atoms with van der Waals surface area (Å²) in [5.74, 6) is -0.183. The second-order valence-electron chi connectivity index (χ2n) is 2.08. The molecule has 11 heavy (non-hydrogen) atoms. The monoisotopic (exact) mass is 217 g/mol. The highest BCUT2D eigenvalue weighted by atomic mass is 79.9. The van der Waals surface area contributed by atoms with Crippen LogP contribution in [0.1, 0.15) is 10.5 Å². The topological polar surface area (TPSA) is 46.9 Å². The Hall–Kier alpha value is -0.840. The molecule has 0 aromatic carbocycles. The summed E-state index contributed by atoms with van der Waals surface area (Å²) >= 11 is 3.21. The number of aromatic nitrogens is 2. The third-order valence-electron chi connectivity index (χ3n) is 1.23. The average molecular weight is 218 g/mol. The maximum atomic E-state index is 11.0. The Morgan fingerprint density at radius 2 is 2.45 bits per heavy atom. The van der Waals surface area contributed by atoms with Crippen molar-refractivity contribution in [2.45, 2.75) is 0 Å². The fourth-order valence-electron chi connectivity index (χ4n) is 0.732. The maximum absolute atomic E-state index is 11.0. The van der Waals surface area contributed by atoms with Crippen LogP contribution >= 0.6 is 15.9 Å².